The van der Waals surface area contributed by atoms with E-state index in [4.69, 9.17) is 9.47 Å². The van der Waals surface area contributed by atoms with E-state index >= 15 is 0 Å². The predicted octanol–water partition coefficient (Wildman–Crippen LogP) is 4.41. The van der Waals surface area contributed by atoms with Crippen LogP contribution in [-0.2, 0) is 19.1 Å². The van der Waals surface area contributed by atoms with E-state index in [-0.39, 0.29) is 29.3 Å². The third-order valence-corrected chi connectivity index (χ3v) is 11.0. The van der Waals surface area contributed by atoms with E-state index in [0.717, 1.165) is 31.3 Å². The third-order valence-electron chi connectivity index (χ3n) is 11.0. The first-order chi connectivity index (χ1) is 17.7. The highest BCUT2D eigenvalue weighted by Gasteiger charge is 2.65. The average molecular weight is 535 g/mol. The maximum atomic E-state index is 12.1. The first-order valence-electron chi connectivity index (χ1n) is 14.8. The van der Waals surface area contributed by atoms with E-state index in [0.29, 0.717) is 31.1 Å². The molecule has 0 aromatic carbocycles. The van der Waals surface area contributed by atoms with Crippen LogP contribution in [0.2, 0.25) is 0 Å². The second-order valence-electron chi connectivity index (χ2n) is 13.8. The predicted molar refractivity (Wildman–Crippen MR) is 144 cm³/mol. The Labute approximate surface area is 228 Å². The molecule has 0 aromatic rings. The van der Waals surface area contributed by atoms with Crippen LogP contribution in [0.25, 0.3) is 0 Å². The van der Waals surface area contributed by atoms with Crippen LogP contribution in [0.3, 0.4) is 0 Å². The van der Waals surface area contributed by atoms with Crippen molar-refractivity contribution in [2.45, 2.75) is 124 Å². The molecular weight excluding hydrogens is 484 g/mol. The Kier molecular flexibility index (Phi) is 8.44. The van der Waals surface area contributed by atoms with Gasteiger partial charge in [-0.1, -0.05) is 46.3 Å². The quantitative estimate of drug-likeness (QED) is 0.327. The minimum absolute atomic E-state index is 0.137. The average Bonchev–Trinajstić information content (AvgIpc) is 3.14. The largest absolute Gasteiger partial charge is 0.459 e. The van der Waals surface area contributed by atoms with E-state index in [1.54, 1.807) is 0 Å². The number of hydrogen-bond acceptors (Lipinski definition) is 7. The van der Waals surface area contributed by atoms with Gasteiger partial charge in [-0.05, 0) is 79.4 Å². The van der Waals surface area contributed by atoms with E-state index in [9.17, 15) is 24.9 Å². The zero-order chi connectivity index (χ0) is 28.2. The van der Waals surface area contributed by atoms with Gasteiger partial charge >= 0.3 is 11.9 Å². The number of fused-ring (bicyclic) bond motifs is 5. The molecule has 0 aliphatic heterocycles. The molecule has 7 nitrogen and oxygen atoms in total. The molecule has 7 heteroatoms. The standard InChI is InChI=1S/C31H50O7/c1-16(2)8-11-23(34)17(3)21-9-10-22-20-14-24(35)28-29(38-19(5)33)26(37-18(4)32)12-13-30(28,6)27(20)25(36)15-31(21,22)7/h14,16-17,21-29,34-36H,8-13,15H2,1-7H3/t17-,21+,22?,23+,24-,25+,26-,27?,28-,29-,30+,31+/m0/s1. The van der Waals surface area contributed by atoms with E-state index in [1.165, 1.54) is 13.8 Å². The summed E-state index contributed by atoms with van der Waals surface area (Å²) in [6, 6.07) is 0. The molecule has 0 radical (unpaired) electrons. The molecular formula is C31H50O7. The normalized spacial score (nSPS) is 43.8. The summed E-state index contributed by atoms with van der Waals surface area (Å²) in [5.41, 5.74) is 0.464. The first-order valence-corrected chi connectivity index (χ1v) is 14.8. The number of esters is 2. The third kappa shape index (κ3) is 5.08. The zero-order valence-corrected chi connectivity index (χ0v) is 24.4. The highest BCUT2D eigenvalue weighted by Crippen LogP contribution is 2.67. The molecule has 4 aliphatic rings. The summed E-state index contributed by atoms with van der Waals surface area (Å²) in [6.07, 6.45) is 4.29. The van der Waals surface area contributed by atoms with Crippen LogP contribution in [-0.4, -0.2) is 57.8 Å². The monoisotopic (exact) mass is 534 g/mol. The highest BCUT2D eigenvalue weighted by atomic mass is 16.6. The lowest BCUT2D eigenvalue weighted by Crippen LogP contribution is -2.63. The van der Waals surface area contributed by atoms with Crippen LogP contribution in [0.15, 0.2) is 11.6 Å². The minimum Gasteiger partial charge on any atom is -0.459 e. The van der Waals surface area contributed by atoms with Gasteiger partial charge in [0.15, 0.2) is 0 Å². The second kappa shape index (κ2) is 10.9. The molecule has 3 N–H and O–H groups in total. The van der Waals surface area contributed by atoms with Gasteiger partial charge < -0.3 is 24.8 Å². The molecule has 0 saturated heterocycles. The SMILES string of the molecule is CC(=O)O[C@@H]1[C@@H]2[C@@H](O)C=C3C4CC[C@H]([C@H](C)[C@H](O)CCC(C)C)[C@@]4(C)C[C@@H](O)C3[C@@]2(C)CC[C@@H]1OC(C)=O. The molecule has 4 aliphatic carbocycles. The Balaban J connectivity index is 1.66. The van der Waals surface area contributed by atoms with Crippen molar-refractivity contribution < 1.29 is 34.4 Å². The van der Waals surface area contributed by atoms with Crippen LogP contribution < -0.4 is 0 Å². The molecule has 38 heavy (non-hydrogen) atoms. The van der Waals surface area contributed by atoms with Gasteiger partial charge in [0.2, 0.25) is 0 Å². The fraction of sp³-hybridized carbons (Fsp3) is 0.871. The Morgan fingerprint density at radius 1 is 1.00 bits per heavy atom. The Bertz CT molecular complexity index is 929. The number of carbonyl (C=O) groups is 2. The molecule has 216 valence electrons. The molecule has 3 fully saturated rings. The van der Waals surface area contributed by atoms with Crippen molar-refractivity contribution in [3.63, 3.8) is 0 Å². The number of hydrogen-bond donors (Lipinski definition) is 3. The van der Waals surface area contributed by atoms with Gasteiger partial charge in [0.25, 0.3) is 0 Å². The van der Waals surface area contributed by atoms with Crippen molar-refractivity contribution in [3.05, 3.63) is 11.6 Å². The summed E-state index contributed by atoms with van der Waals surface area (Å²) in [6.45, 7) is 13.6. The Hall–Kier alpha value is -1.44. The molecule has 3 saturated carbocycles. The maximum Gasteiger partial charge on any atom is 0.303 e. The van der Waals surface area contributed by atoms with Gasteiger partial charge in [-0.25, -0.2) is 0 Å². The van der Waals surface area contributed by atoms with Crippen molar-refractivity contribution in [2.75, 3.05) is 0 Å². The van der Waals surface area contributed by atoms with E-state index in [2.05, 4.69) is 34.6 Å². The van der Waals surface area contributed by atoms with Crippen LogP contribution in [0.1, 0.15) is 93.4 Å². The van der Waals surface area contributed by atoms with Gasteiger partial charge in [-0.3, -0.25) is 9.59 Å². The van der Waals surface area contributed by atoms with Gasteiger partial charge in [-0.15, -0.1) is 0 Å². The van der Waals surface area contributed by atoms with Crippen LogP contribution in [0.4, 0.5) is 0 Å². The summed E-state index contributed by atoms with van der Waals surface area (Å²) in [4.78, 5) is 23.9. The van der Waals surface area contributed by atoms with Gasteiger partial charge in [-0.2, -0.15) is 0 Å². The molecule has 0 bridgehead atoms. The lowest BCUT2D eigenvalue weighted by atomic mass is 9.45. The van der Waals surface area contributed by atoms with Crippen LogP contribution >= 0.6 is 0 Å². The fourth-order valence-corrected chi connectivity index (χ4v) is 9.37. The number of aliphatic hydroxyl groups excluding tert-OH is 3. The van der Waals surface area contributed by atoms with E-state index in [1.807, 2.05) is 6.08 Å². The molecule has 0 spiro atoms. The van der Waals surface area contributed by atoms with Crippen LogP contribution in [0, 0.1) is 46.3 Å². The summed E-state index contributed by atoms with van der Waals surface area (Å²) in [5, 5.41) is 34.5. The molecule has 0 aromatic heterocycles. The maximum absolute atomic E-state index is 12.1. The zero-order valence-electron chi connectivity index (χ0n) is 24.4. The number of carbonyl (C=O) groups excluding carboxylic acids is 2. The van der Waals surface area contributed by atoms with Crippen molar-refractivity contribution in [1.29, 1.82) is 0 Å². The smallest absolute Gasteiger partial charge is 0.303 e. The second-order valence-corrected chi connectivity index (χ2v) is 13.8. The van der Waals surface area contributed by atoms with Crippen molar-refractivity contribution in [3.8, 4) is 0 Å². The lowest BCUT2D eigenvalue weighted by molar-refractivity contribution is -0.206. The summed E-state index contributed by atoms with van der Waals surface area (Å²) in [7, 11) is 0. The van der Waals surface area contributed by atoms with Crippen LogP contribution in [0.5, 0.6) is 0 Å². The van der Waals surface area contributed by atoms with Crippen molar-refractivity contribution in [2.24, 2.45) is 46.3 Å². The van der Waals surface area contributed by atoms with Crippen molar-refractivity contribution in [1.82, 2.24) is 0 Å². The lowest BCUT2D eigenvalue weighted by Gasteiger charge is -2.61. The van der Waals surface area contributed by atoms with E-state index < -0.39 is 47.7 Å². The topological polar surface area (TPSA) is 113 Å². The molecule has 0 heterocycles. The van der Waals surface area contributed by atoms with Gasteiger partial charge in [0.05, 0.1) is 18.3 Å². The first kappa shape index (κ1) is 29.5. The number of aliphatic hydroxyl groups is 3. The minimum atomic E-state index is -0.878. The molecule has 4 rings (SSSR count). The summed E-state index contributed by atoms with van der Waals surface area (Å²) in [5.74, 6) is -0.343. The van der Waals surface area contributed by atoms with Gasteiger partial charge in [0.1, 0.15) is 12.2 Å². The number of ether oxygens (including phenoxy) is 2. The number of rotatable bonds is 7. The Morgan fingerprint density at radius 2 is 1.66 bits per heavy atom. The molecule has 0 amide bonds. The molecule has 12 atom stereocenters. The molecule has 2 unspecified atom stereocenters. The van der Waals surface area contributed by atoms with Crippen molar-refractivity contribution >= 4 is 11.9 Å². The summed E-state index contributed by atoms with van der Waals surface area (Å²) >= 11 is 0. The fourth-order valence-electron chi connectivity index (χ4n) is 9.37. The summed E-state index contributed by atoms with van der Waals surface area (Å²) < 4.78 is 11.3. The van der Waals surface area contributed by atoms with Gasteiger partial charge in [0, 0.05) is 25.7 Å². The highest BCUT2D eigenvalue weighted by molar-refractivity contribution is 5.67. The Morgan fingerprint density at radius 3 is 2.26 bits per heavy atom.